The SMILES string of the molecule is CCCCI(CCCC)P(I)(CCCC)(CCCC)CCCC.[Sn]. The van der Waals surface area contributed by atoms with Gasteiger partial charge in [0.05, 0.1) is 0 Å². The number of alkyl halides is 2. The fourth-order valence-electron chi connectivity index (χ4n) is 3.29. The monoisotopic (exact) mass is 690 g/mol. The van der Waals surface area contributed by atoms with Crippen LogP contribution in [0, 0.1) is 0 Å². The fourth-order valence-corrected chi connectivity index (χ4v) is 40.8. The van der Waals surface area contributed by atoms with Gasteiger partial charge in [0.2, 0.25) is 0 Å². The van der Waals surface area contributed by atoms with Crippen LogP contribution in [0.15, 0.2) is 0 Å². The van der Waals surface area contributed by atoms with Gasteiger partial charge in [-0.1, -0.05) is 0 Å². The van der Waals surface area contributed by atoms with Crippen molar-refractivity contribution >= 4 is 67.1 Å². The molecule has 0 amide bonds. The van der Waals surface area contributed by atoms with Crippen molar-refractivity contribution in [2.45, 2.75) is 98.8 Å². The van der Waals surface area contributed by atoms with Crippen LogP contribution in [0.5, 0.6) is 0 Å². The van der Waals surface area contributed by atoms with Crippen molar-refractivity contribution in [3.05, 3.63) is 0 Å². The van der Waals surface area contributed by atoms with Gasteiger partial charge >= 0.3 is 169 Å². The molecule has 24 heavy (non-hydrogen) atoms. The molecule has 4 radical (unpaired) electrons. The third-order valence-electron chi connectivity index (χ3n) is 5.00. The van der Waals surface area contributed by atoms with Crippen LogP contribution >= 0.6 is 43.2 Å². The molecule has 0 fully saturated rings. The number of halogens is 2. The molecule has 0 aromatic rings. The maximum atomic E-state index is 3.22. The zero-order chi connectivity index (χ0) is 17.6. The van der Waals surface area contributed by atoms with E-state index in [-0.39, 0.29) is 23.9 Å². The van der Waals surface area contributed by atoms with Gasteiger partial charge in [-0.05, 0) is 0 Å². The summed E-state index contributed by atoms with van der Waals surface area (Å²) in [5.41, 5.74) is 0. The Morgan fingerprint density at radius 2 is 0.875 bits per heavy atom. The number of hydrogen-bond donors (Lipinski definition) is 0. The van der Waals surface area contributed by atoms with E-state index in [0.717, 1.165) is 0 Å². The third kappa shape index (κ3) is 10.3. The van der Waals surface area contributed by atoms with E-state index in [1.807, 2.05) is 0 Å². The van der Waals surface area contributed by atoms with Gasteiger partial charge in [-0.2, -0.15) is 0 Å². The molecule has 0 rings (SSSR count). The summed E-state index contributed by atoms with van der Waals surface area (Å²) in [5, 5.41) is 0. The molecular formula is C20H45I2PSn. The first-order valence-electron chi connectivity index (χ1n) is 10.4. The number of hydrogen-bond acceptors (Lipinski definition) is 0. The maximum Gasteiger partial charge on any atom is 0 e. The quantitative estimate of drug-likeness (QED) is 0.0658. The summed E-state index contributed by atoms with van der Waals surface area (Å²) in [7, 11) is 0. The molecule has 0 nitrogen and oxygen atoms in total. The molecule has 0 heterocycles. The van der Waals surface area contributed by atoms with Gasteiger partial charge in [0.25, 0.3) is 0 Å². The molecule has 0 aliphatic carbocycles. The summed E-state index contributed by atoms with van der Waals surface area (Å²) in [5.74, 6) is 0. The molecule has 0 bridgehead atoms. The van der Waals surface area contributed by atoms with Crippen molar-refractivity contribution in [1.29, 1.82) is 0 Å². The van der Waals surface area contributed by atoms with Crippen LogP contribution in [0.1, 0.15) is 98.8 Å². The van der Waals surface area contributed by atoms with Crippen LogP contribution in [0.25, 0.3) is 0 Å². The maximum absolute atomic E-state index is 3.22. The van der Waals surface area contributed by atoms with Gasteiger partial charge in [0.15, 0.2) is 0 Å². The van der Waals surface area contributed by atoms with Crippen molar-refractivity contribution in [1.82, 2.24) is 0 Å². The Hall–Kier alpha value is 2.69. The van der Waals surface area contributed by atoms with Gasteiger partial charge in [0.1, 0.15) is 0 Å². The molecule has 0 unspecified atom stereocenters. The minimum atomic E-state index is -1.43. The van der Waals surface area contributed by atoms with Gasteiger partial charge in [0, 0.05) is 23.9 Å². The van der Waals surface area contributed by atoms with E-state index in [0.29, 0.717) is 0 Å². The Balaban J connectivity index is 0. The standard InChI is InChI=1S/C20H45I2P.Sn/c1-6-11-16-22(17-12-7-2)23(21,18-13-8-3,19-14-9-4)20-15-10-5;/h6-20H2,1-5H3;. The number of unbranched alkanes of at least 4 members (excludes halogenated alkanes) is 5. The summed E-state index contributed by atoms with van der Waals surface area (Å²) in [6.07, 6.45) is 19.6. The summed E-state index contributed by atoms with van der Waals surface area (Å²) in [6.45, 7) is 12.0. The van der Waals surface area contributed by atoms with E-state index < -0.39 is 21.2 Å². The van der Waals surface area contributed by atoms with E-state index in [1.54, 1.807) is 27.3 Å². The topological polar surface area (TPSA) is 0 Å². The zero-order valence-corrected chi connectivity index (χ0v) is 25.4. The summed E-state index contributed by atoms with van der Waals surface area (Å²) in [6, 6.07) is 0. The van der Waals surface area contributed by atoms with E-state index in [2.05, 4.69) is 56.7 Å². The Labute approximate surface area is 191 Å². The van der Waals surface area contributed by atoms with Crippen molar-refractivity contribution < 1.29 is 0 Å². The molecule has 0 aliphatic heterocycles. The first-order chi connectivity index (χ1) is 11.0. The van der Waals surface area contributed by atoms with Crippen LogP contribution in [0.2, 0.25) is 0 Å². The fraction of sp³-hybridized carbons (Fsp3) is 1.00. The predicted molar refractivity (Wildman–Crippen MR) is 140 cm³/mol. The average molecular weight is 689 g/mol. The second-order valence-electron chi connectivity index (χ2n) is 7.20. The summed E-state index contributed by atoms with van der Waals surface area (Å²) >= 11 is 2.39. The number of rotatable bonds is 16. The third-order valence-corrected chi connectivity index (χ3v) is 45.6. The minimum absolute atomic E-state index is 0. The van der Waals surface area contributed by atoms with E-state index in [1.165, 1.54) is 64.2 Å². The molecular weight excluding hydrogens is 644 g/mol. The van der Waals surface area contributed by atoms with Crippen LogP contribution < -0.4 is 0 Å². The van der Waals surface area contributed by atoms with Crippen molar-refractivity contribution in [2.24, 2.45) is 0 Å². The summed E-state index contributed by atoms with van der Waals surface area (Å²) in [4.78, 5) is 0. The molecule has 0 saturated heterocycles. The first kappa shape index (κ1) is 28.9. The minimum Gasteiger partial charge on any atom is 0 e. The molecule has 0 spiro atoms. The molecule has 4 heteroatoms. The van der Waals surface area contributed by atoms with E-state index >= 15 is 0 Å². The molecule has 0 aromatic heterocycles. The Morgan fingerprint density at radius 1 is 0.583 bits per heavy atom. The molecule has 0 aromatic carbocycles. The van der Waals surface area contributed by atoms with Gasteiger partial charge < -0.3 is 0 Å². The molecule has 0 saturated carbocycles. The first-order valence-corrected chi connectivity index (χ1v) is 21.8. The smallest absolute Gasteiger partial charge is 0 e. The van der Waals surface area contributed by atoms with Gasteiger partial charge in [-0.3, -0.25) is 0 Å². The van der Waals surface area contributed by atoms with Crippen molar-refractivity contribution in [2.75, 3.05) is 27.3 Å². The average Bonchev–Trinajstić information content (AvgIpc) is 2.57. The molecule has 0 aliphatic rings. The zero-order valence-electron chi connectivity index (χ0n) is 17.3. The van der Waals surface area contributed by atoms with Crippen molar-refractivity contribution in [3.8, 4) is 0 Å². The van der Waals surface area contributed by atoms with Gasteiger partial charge in [-0.15, -0.1) is 0 Å². The van der Waals surface area contributed by atoms with E-state index in [9.17, 15) is 0 Å². The van der Waals surface area contributed by atoms with Crippen LogP contribution in [-0.2, 0) is 0 Å². The van der Waals surface area contributed by atoms with Crippen LogP contribution in [0.3, 0.4) is 0 Å². The second-order valence-corrected chi connectivity index (χ2v) is 40.0. The molecule has 0 N–H and O–H groups in total. The largest absolute Gasteiger partial charge is 0 e. The van der Waals surface area contributed by atoms with Crippen LogP contribution in [-0.4, -0.2) is 51.2 Å². The summed E-state index contributed by atoms with van der Waals surface area (Å²) < 4.78 is 1.93. The Bertz CT molecular complexity index is 254. The molecule has 148 valence electrons. The Kier molecular flexibility index (Phi) is 20.0. The van der Waals surface area contributed by atoms with Crippen LogP contribution in [0.4, 0.5) is 0 Å². The predicted octanol–water partition coefficient (Wildman–Crippen LogP) is 8.93. The van der Waals surface area contributed by atoms with Gasteiger partial charge in [-0.25, -0.2) is 0 Å². The second kappa shape index (κ2) is 16.6. The van der Waals surface area contributed by atoms with E-state index in [4.69, 9.17) is 0 Å². The normalized spacial score (nSPS) is 13.9. The molecule has 0 atom stereocenters. The van der Waals surface area contributed by atoms with Crippen molar-refractivity contribution in [3.63, 3.8) is 0 Å². The Morgan fingerprint density at radius 3 is 1.12 bits per heavy atom.